The maximum atomic E-state index is 12.7. The molecule has 2 aliphatic rings. The summed E-state index contributed by atoms with van der Waals surface area (Å²) >= 11 is 0. The molecule has 1 aliphatic carbocycles. The van der Waals surface area contributed by atoms with Crippen molar-refractivity contribution in [3.05, 3.63) is 29.8 Å². The van der Waals surface area contributed by atoms with Gasteiger partial charge in [0, 0.05) is 11.7 Å². The molecule has 2 bridgehead atoms. The molecule has 2 amide bonds. The summed E-state index contributed by atoms with van der Waals surface area (Å²) in [7, 11) is 0. The second-order valence-electron chi connectivity index (χ2n) is 5.93. The van der Waals surface area contributed by atoms with Crippen molar-refractivity contribution in [1.29, 1.82) is 0 Å². The first kappa shape index (κ1) is 15.6. The number of anilines is 1. The van der Waals surface area contributed by atoms with E-state index in [1.165, 1.54) is 12.1 Å². The predicted molar refractivity (Wildman–Crippen MR) is 74.9 cm³/mol. The largest absolute Gasteiger partial charge is 0.465 e. The minimum atomic E-state index is -4.50. The quantitative estimate of drug-likeness (QED) is 0.876. The maximum absolute atomic E-state index is 12.7. The lowest BCUT2D eigenvalue weighted by Crippen LogP contribution is -2.50. The number of nitrogens with zero attached hydrogens (tertiary/aromatic N) is 1. The molecule has 3 atom stereocenters. The van der Waals surface area contributed by atoms with Crippen LogP contribution < -0.4 is 5.32 Å². The summed E-state index contributed by atoms with van der Waals surface area (Å²) in [5.74, 6) is -0.638. The SMILES string of the molecule is O=C(Nc1cccc(C(F)(F)F)c1)C1C2CCC(C2)N1C(=O)O. The zero-order valence-corrected chi connectivity index (χ0v) is 12.0. The topological polar surface area (TPSA) is 69.6 Å². The van der Waals surface area contributed by atoms with Crippen LogP contribution in [0.25, 0.3) is 0 Å². The van der Waals surface area contributed by atoms with Crippen LogP contribution in [0.3, 0.4) is 0 Å². The number of piperidine rings is 1. The van der Waals surface area contributed by atoms with Gasteiger partial charge in [-0.15, -0.1) is 0 Å². The van der Waals surface area contributed by atoms with Crippen molar-refractivity contribution in [3.63, 3.8) is 0 Å². The number of hydrogen-bond donors (Lipinski definition) is 2. The minimum Gasteiger partial charge on any atom is -0.465 e. The molecule has 23 heavy (non-hydrogen) atoms. The zero-order valence-electron chi connectivity index (χ0n) is 12.0. The van der Waals surface area contributed by atoms with E-state index in [0.717, 1.165) is 29.9 Å². The molecular formula is C15H15F3N2O3. The van der Waals surface area contributed by atoms with E-state index in [1.807, 2.05) is 0 Å². The first-order valence-corrected chi connectivity index (χ1v) is 7.27. The second kappa shape index (κ2) is 5.43. The fraction of sp³-hybridized carbons (Fsp3) is 0.467. The minimum absolute atomic E-state index is 0.0120. The van der Waals surface area contributed by atoms with E-state index in [9.17, 15) is 27.9 Å². The van der Waals surface area contributed by atoms with Gasteiger partial charge in [0.2, 0.25) is 5.91 Å². The van der Waals surface area contributed by atoms with Crippen molar-refractivity contribution in [2.24, 2.45) is 5.92 Å². The standard InChI is InChI=1S/C15H15F3N2O3/c16-15(17,18)9-2-1-3-10(7-9)19-13(21)12-8-4-5-11(6-8)20(12)14(22)23/h1-3,7-8,11-12H,4-6H2,(H,19,21)(H,22,23). The molecule has 1 heterocycles. The number of carbonyl (C=O) groups is 2. The van der Waals surface area contributed by atoms with Crippen LogP contribution >= 0.6 is 0 Å². The number of amides is 2. The van der Waals surface area contributed by atoms with Crippen molar-refractivity contribution in [1.82, 2.24) is 4.90 Å². The molecule has 5 nitrogen and oxygen atoms in total. The predicted octanol–water partition coefficient (Wildman–Crippen LogP) is 3.17. The number of alkyl halides is 3. The Hall–Kier alpha value is -2.25. The number of carboxylic acid groups (broad SMARTS) is 1. The zero-order chi connectivity index (χ0) is 16.8. The molecule has 2 fully saturated rings. The average molecular weight is 328 g/mol. The lowest BCUT2D eigenvalue weighted by molar-refractivity contribution is -0.137. The summed E-state index contributed by atoms with van der Waals surface area (Å²) in [6.45, 7) is 0. The van der Waals surface area contributed by atoms with E-state index in [1.54, 1.807) is 0 Å². The number of rotatable bonds is 2. The highest BCUT2D eigenvalue weighted by Gasteiger charge is 2.51. The molecule has 124 valence electrons. The molecule has 1 saturated heterocycles. The van der Waals surface area contributed by atoms with E-state index >= 15 is 0 Å². The summed E-state index contributed by atoms with van der Waals surface area (Å²) in [6.07, 6.45) is -3.55. The summed E-state index contributed by atoms with van der Waals surface area (Å²) < 4.78 is 38.1. The van der Waals surface area contributed by atoms with Crippen LogP contribution in [0.2, 0.25) is 0 Å². The lowest BCUT2D eigenvalue weighted by Gasteiger charge is -2.32. The molecule has 1 saturated carbocycles. The van der Waals surface area contributed by atoms with Crippen molar-refractivity contribution in [2.45, 2.75) is 37.5 Å². The van der Waals surface area contributed by atoms with Crippen LogP contribution in [0.4, 0.5) is 23.7 Å². The second-order valence-corrected chi connectivity index (χ2v) is 5.93. The van der Waals surface area contributed by atoms with Gasteiger partial charge in [0.15, 0.2) is 0 Å². The molecule has 0 aromatic heterocycles. The highest BCUT2D eigenvalue weighted by Crippen LogP contribution is 2.42. The van der Waals surface area contributed by atoms with E-state index in [0.29, 0.717) is 6.42 Å². The Kier molecular flexibility index (Phi) is 3.69. The lowest BCUT2D eigenvalue weighted by atomic mass is 9.98. The van der Waals surface area contributed by atoms with Gasteiger partial charge in [0.05, 0.1) is 5.56 Å². The Labute approximate surface area is 130 Å². The van der Waals surface area contributed by atoms with Crippen LogP contribution in [0.15, 0.2) is 24.3 Å². The number of nitrogens with one attached hydrogen (secondary N) is 1. The molecule has 2 N–H and O–H groups in total. The Morgan fingerprint density at radius 3 is 2.65 bits per heavy atom. The number of halogens is 3. The molecule has 8 heteroatoms. The smallest absolute Gasteiger partial charge is 0.416 e. The van der Waals surface area contributed by atoms with Crippen LogP contribution in [-0.4, -0.2) is 34.1 Å². The van der Waals surface area contributed by atoms with E-state index in [4.69, 9.17) is 0 Å². The molecule has 3 unspecified atom stereocenters. The van der Waals surface area contributed by atoms with Gasteiger partial charge in [-0.3, -0.25) is 9.69 Å². The summed E-state index contributed by atoms with van der Waals surface area (Å²) in [5, 5.41) is 11.7. The number of hydrogen-bond acceptors (Lipinski definition) is 2. The van der Waals surface area contributed by atoms with E-state index in [-0.39, 0.29) is 17.6 Å². The van der Waals surface area contributed by atoms with Crippen molar-refractivity contribution in [3.8, 4) is 0 Å². The average Bonchev–Trinajstić information content (AvgIpc) is 3.07. The molecule has 1 aromatic rings. The Morgan fingerprint density at radius 2 is 2.00 bits per heavy atom. The maximum Gasteiger partial charge on any atom is 0.416 e. The van der Waals surface area contributed by atoms with Crippen LogP contribution in [-0.2, 0) is 11.0 Å². The molecule has 3 rings (SSSR count). The molecule has 1 aromatic carbocycles. The third kappa shape index (κ3) is 2.85. The van der Waals surface area contributed by atoms with Gasteiger partial charge < -0.3 is 10.4 Å². The van der Waals surface area contributed by atoms with Crippen LogP contribution in [0, 0.1) is 5.92 Å². The molecule has 0 radical (unpaired) electrons. The third-order valence-corrected chi connectivity index (χ3v) is 4.53. The Balaban J connectivity index is 1.78. The monoisotopic (exact) mass is 328 g/mol. The summed E-state index contributed by atoms with van der Waals surface area (Å²) in [4.78, 5) is 24.9. The summed E-state index contributed by atoms with van der Waals surface area (Å²) in [5.41, 5.74) is -0.851. The Bertz CT molecular complexity index is 647. The summed E-state index contributed by atoms with van der Waals surface area (Å²) in [6, 6.07) is 3.31. The Morgan fingerprint density at radius 1 is 1.26 bits per heavy atom. The van der Waals surface area contributed by atoms with Crippen LogP contribution in [0.1, 0.15) is 24.8 Å². The number of benzene rings is 1. The first-order valence-electron chi connectivity index (χ1n) is 7.27. The molecule has 1 aliphatic heterocycles. The van der Waals surface area contributed by atoms with Gasteiger partial charge >= 0.3 is 12.3 Å². The number of fused-ring (bicyclic) bond motifs is 2. The molecular weight excluding hydrogens is 313 g/mol. The van der Waals surface area contributed by atoms with Gasteiger partial charge in [0.1, 0.15) is 6.04 Å². The fourth-order valence-electron chi connectivity index (χ4n) is 3.59. The van der Waals surface area contributed by atoms with Gasteiger partial charge in [-0.1, -0.05) is 6.07 Å². The number of carbonyl (C=O) groups excluding carboxylic acids is 1. The van der Waals surface area contributed by atoms with Crippen molar-refractivity contribution < 1.29 is 27.9 Å². The van der Waals surface area contributed by atoms with Gasteiger partial charge in [0.25, 0.3) is 0 Å². The van der Waals surface area contributed by atoms with E-state index in [2.05, 4.69) is 5.32 Å². The van der Waals surface area contributed by atoms with Gasteiger partial charge in [-0.05, 0) is 43.4 Å². The van der Waals surface area contributed by atoms with E-state index < -0.39 is 29.8 Å². The normalized spacial score (nSPS) is 26.4. The fourth-order valence-corrected chi connectivity index (χ4v) is 3.59. The number of likely N-dealkylation sites (tertiary alicyclic amines) is 1. The van der Waals surface area contributed by atoms with Crippen LogP contribution in [0.5, 0.6) is 0 Å². The first-order chi connectivity index (χ1) is 10.8. The van der Waals surface area contributed by atoms with Gasteiger partial charge in [-0.2, -0.15) is 13.2 Å². The molecule has 0 spiro atoms. The third-order valence-electron chi connectivity index (χ3n) is 4.53. The highest BCUT2D eigenvalue weighted by molar-refractivity contribution is 5.97. The van der Waals surface area contributed by atoms with Crippen molar-refractivity contribution in [2.75, 3.05) is 5.32 Å². The highest BCUT2D eigenvalue weighted by atomic mass is 19.4. The van der Waals surface area contributed by atoms with Crippen molar-refractivity contribution >= 4 is 17.7 Å². The van der Waals surface area contributed by atoms with Gasteiger partial charge in [-0.25, -0.2) is 4.79 Å².